The van der Waals surface area contributed by atoms with E-state index in [4.69, 9.17) is 10.5 Å². The molecule has 6 heteroatoms. The number of carbonyl (C=O) groups is 3. The number of primary amides is 1. The molecule has 26 heavy (non-hydrogen) atoms. The molecule has 6 nitrogen and oxygen atoms in total. The lowest BCUT2D eigenvalue weighted by atomic mass is 10.1. The number of rotatable bonds is 8. The Kier molecular flexibility index (Phi) is 6.91. The number of amides is 2. The topological polar surface area (TPSA) is 89.7 Å². The first-order valence-electron chi connectivity index (χ1n) is 8.30. The minimum atomic E-state index is -0.505. The van der Waals surface area contributed by atoms with E-state index in [0.717, 1.165) is 11.1 Å². The highest BCUT2D eigenvalue weighted by Gasteiger charge is 2.18. The number of ether oxygens (including phenoxy) is 1. The molecule has 136 valence electrons. The van der Waals surface area contributed by atoms with Crippen molar-refractivity contribution >= 4 is 23.5 Å². The number of benzene rings is 2. The lowest BCUT2D eigenvalue weighted by molar-refractivity contribution is -0.147. The van der Waals surface area contributed by atoms with Gasteiger partial charge < -0.3 is 15.4 Å². The quantitative estimate of drug-likeness (QED) is 0.734. The van der Waals surface area contributed by atoms with Gasteiger partial charge in [0.05, 0.1) is 6.42 Å². The van der Waals surface area contributed by atoms with Crippen molar-refractivity contribution in [3.63, 3.8) is 0 Å². The van der Waals surface area contributed by atoms with E-state index in [9.17, 15) is 14.4 Å². The third-order valence-corrected chi connectivity index (χ3v) is 3.78. The Morgan fingerprint density at radius 2 is 1.65 bits per heavy atom. The maximum Gasteiger partial charge on any atom is 0.310 e. The molecule has 0 spiro atoms. The second-order valence-corrected chi connectivity index (χ2v) is 5.92. The van der Waals surface area contributed by atoms with Gasteiger partial charge in [-0.2, -0.15) is 0 Å². The first kappa shape index (κ1) is 19.2. The maximum atomic E-state index is 12.5. The molecule has 0 heterocycles. The molecule has 2 N–H and O–H groups in total. The van der Waals surface area contributed by atoms with Crippen LogP contribution >= 0.6 is 0 Å². The van der Waals surface area contributed by atoms with Crippen LogP contribution in [-0.2, 0) is 25.5 Å². The Morgan fingerprint density at radius 3 is 2.27 bits per heavy atom. The standard InChI is InChI=1S/C20H22N2O4/c1-15-7-9-16(10-8-15)13-20(25)26-14-19(24)22(12-11-18(21)23)17-5-3-2-4-6-17/h2-10H,11-14H2,1H3,(H2,21,23). The number of esters is 1. The molecule has 0 aliphatic rings. The lowest BCUT2D eigenvalue weighted by Gasteiger charge is -2.22. The van der Waals surface area contributed by atoms with Gasteiger partial charge in [0, 0.05) is 18.7 Å². The highest BCUT2D eigenvalue weighted by molar-refractivity contribution is 5.95. The predicted octanol–water partition coefficient (Wildman–Crippen LogP) is 1.99. The van der Waals surface area contributed by atoms with Crippen LogP contribution in [0, 0.1) is 6.92 Å². The van der Waals surface area contributed by atoms with Crippen LogP contribution in [0.5, 0.6) is 0 Å². The summed E-state index contributed by atoms with van der Waals surface area (Å²) >= 11 is 0. The number of carbonyl (C=O) groups excluding carboxylic acids is 3. The number of aryl methyl sites for hydroxylation is 1. The summed E-state index contributed by atoms with van der Waals surface area (Å²) in [6, 6.07) is 16.4. The highest BCUT2D eigenvalue weighted by Crippen LogP contribution is 2.14. The monoisotopic (exact) mass is 354 g/mol. The summed E-state index contributed by atoms with van der Waals surface area (Å²) in [6.45, 7) is 1.71. The Hall–Kier alpha value is -3.15. The zero-order chi connectivity index (χ0) is 18.9. The van der Waals surface area contributed by atoms with Crippen molar-refractivity contribution < 1.29 is 19.1 Å². The lowest BCUT2D eigenvalue weighted by Crippen LogP contribution is -2.37. The second-order valence-electron chi connectivity index (χ2n) is 5.92. The van der Waals surface area contributed by atoms with E-state index in [0.29, 0.717) is 5.69 Å². The average molecular weight is 354 g/mol. The zero-order valence-electron chi connectivity index (χ0n) is 14.7. The predicted molar refractivity (Wildman–Crippen MR) is 98.4 cm³/mol. The summed E-state index contributed by atoms with van der Waals surface area (Å²) in [7, 11) is 0. The largest absolute Gasteiger partial charge is 0.455 e. The van der Waals surface area contributed by atoms with Crippen LogP contribution in [0.2, 0.25) is 0 Å². The number of hydrogen-bond acceptors (Lipinski definition) is 4. The first-order valence-corrected chi connectivity index (χ1v) is 8.30. The van der Waals surface area contributed by atoms with E-state index in [1.54, 1.807) is 24.3 Å². The molecule has 0 aliphatic carbocycles. The van der Waals surface area contributed by atoms with Gasteiger partial charge >= 0.3 is 5.97 Å². The van der Waals surface area contributed by atoms with Crippen molar-refractivity contribution in [2.45, 2.75) is 19.8 Å². The minimum absolute atomic E-state index is 0.0257. The van der Waals surface area contributed by atoms with Gasteiger partial charge in [-0.05, 0) is 24.6 Å². The number of nitrogens with zero attached hydrogens (tertiary/aromatic N) is 1. The van der Waals surface area contributed by atoms with E-state index in [1.165, 1.54) is 4.90 Å². The van der Waals surface area contributed by atoms with Crippen molar-refractivity contribution in [3.8, 4) is 0 Å². The number of hydrogen-bond donors (Lipinski definition) is 1. The molecule has 0 atom stereocenters. The van der Waals surface area contributed by atoms with Gasteiger partial charge in [-0.3, -0.25) is 14.4 Å². The second kappa shape index (κ2) is 9.36. The van der Waals surface area contributed by atoms with Crippen molar-refractivity contribution in [1.82, 2.24) is 0 Å². The van der Waals surface area contributed by atoms with E-state index in [1.807, 2.05) is 37.3 Å². The Balaban J connectivity index is 1.94. The molecule has 0 aromatic heterocycles. The summed E-state index contributed by atoms with van der Waals surface area (Å²) < 4.78 is 5.10. The average Bonchev–Trinajstić information content (AvgIpc) is 2.63. The SMILES string of the molecule is Cc1ccc(CC(=O)OCC(=O)N(CCC(N)=O)c2ccccc2)cc1. The fourth-order valence-corrected chi connectivity index (χ4v) is 2.37. The summed E-state index contributed by atoms with van der Waals surface area (Å²) in [5.41, 5.74) is 7.72. The van der Waals surface area contributed by atoms with E-state index >= 15 is 0 Å². The molecular weight excluding hydrogens is 332 g/mol. The smallest absolute Gasteiger partial charge is 0.310 e. The summed E-state index contributed by atoms with van der Waals surface area (Å²) in [5, 5.41) is 0. The van der Waals surface area contributed by atoms with Gasteiger partial charge in [0.1, 0.15) is 0 Å². The summed E-state index contributed by atoms with van der Waals surface area (Å²) in [5.74, 6) is -1.39. The Morgan fingerprint density at radius 1 is 1.00 bits per heavy atom. The molecular formula is C20H22N2O4. The van der Waals surface area contributed by atoms with E-state index < -0.39 is 24.4 Å². The number of para-hydroxylation sites is 1. The first-order chi connectivity index (χ1) is 12.5. The van der Waals surface area contributed by atoms with Crippen LogP contribution in [0.1, 0.15) is 17.5 Å². The molecule has 2 aromatic rings. The summed E-state index contributed by atoms with van der Waals surface area (Å²) in [4.78, 5) is 36.9. The molecule has 0 unspecified atom stereocenters. The fourth-order valence-electron chi connectivity index (χ4n) is 2.37. The van der Waals surface area contributed by atoms with Gasteiger partial charge in [-0.15, -0.1) is 0 Å². The van der Waals surface area contributed by atoms with Crippen LogP contribution in [0.15, 0.2) is 54.6 Å². The van der Waals surface area contributed by atoms with Crippen molar-refractivity contribution in [3.05, 3.63) is 65.7 Å². The van der Waals surface area contributed by atoms with E-state index in [2.05, 4.69) is 0 Å². The maximum absolute atomic E-state index is 12.5. The van der Waals surface area contributed by atoms with Crippen LogP contribution < -0.4 is 10.6 Å². The van der Waals surface area contributed by atoms with Crippen molar-refractivity contribution in [2.75, 3.05) is 18.1 Å². The van der Waals surface area contributed by atoms with Gasteiger partial charge in [-0.1, -0.05) is 48.0 Å². The Labute approximate surface area is 152 Å². The van der Waals surface area contributed by atoms with Crippen LogP contribution in [0.4, 0.5) is 5.69 Å². The normalized spacial score (nSPS) is 10.2. The minimum Gasteiger partial charge on any atom is -0.455 e. The number of anilines is 1. The van der Waals surface area contributed by atoms with Gasteiger partial charge in [0.15, 0.2) is 6.61 Å². The Bertz CT molecular complexity index is 757. The molecule has 2 aromatic carbocycles. The van der Waals surface area contributed by atoms with Crippen LogP contribution in [-0.4, -0.2) is 30.9 Å². The van der Waals surface area contributed by atoms with Gasteiger partial charge in [-0.25, -0.2) is 0 Å². The third kappa shape index (κ3) is 6.05. The fraction of sp³-hybridized carbons (Fsp3) is 0.250. The summed E-state index contributed by atoms with van der Waals surface area (Å²) in [6.07, 6.45) is 0.123. The molecule has 0 radical (unpaired) electrons. The molecule has 0 saturated heterocycles. The van der Waals surface area contributed by atoms with Crippen molar-refractivity contribution in [1.29, 1.82) is 0 Å². The molecule has 2 rings (SSSR count). The third-order valence-electron chi connectivity index (χ3n) is 3.78. The molecule has 0 aliphatic heterocycles. The number of nitrogens with two attached hydrogens (primary N) is 1. The van der Waals surface area contributed by atoms with Gasteiger partial charge in [0.2, 0.25) is 5.91 Å². The molecule has 0 fully saturated rings. The molecule has 2 amide bonds. The molecule has 0 bridgehead atoms. The van der Waals surface area contributed by atoms with Crippen LogP contribution in [0.3, 0.4) is 0 Å². The molecule has 0 saturated carbocycles. The van der Waals surface area contributed by atoms with E-state index in [-0.39, 0.29) is 19.4 Å². The van der Waals surface area contributed by atoms with Crippen molar-refractivity contribution in [2.24, 2.45) is 5.73 Å². The highest BCUT2D eigenvalue weighted by atomic mass is 16.5. The zero-order valence-corrected chi connectivity index (χ0v) is 14.7. The van der Waals surface area contributed by atoms with Gasteiger partial charge in [0.25, 0.3) is 5.91 Å². The van der Waals surface area contributed by atoms with Crippen LogP contribution in [0.25, 0.3) is 0 Å².